The highest BCUT2D eigenvalue weighted by atomic mass is 16.1. The predicted octanol–water partition coefficient (Wildman–Crippen LogP) is 4.54. The van der Waals surface area contributed by atoms with Crippen LogP contribution in [0, 0.1) is 0 Å². The van der Waals surface area contributed by atoms with Crippen LogP contribution in [0.5, 0.6) is 0 Å². The number of hydrogen-bond acceptors (Lipinski definition) is 2. The highest BCUT2D eigenvalue weighted by Gasteiger charge is 2.19. The Morgan fingerprint density at radius 2 is 1.95 bits per heavy atom. The first-order chi connectivity index (χ1) is 10.8. The Balaban J connectivity index is 1.95. The van der Waals surface area contributed by atoms with Gasteiger partial charge in [-0.15, -0.1) is 0 Å². The number of benzene rings is 2. The molecule has 1 atom stereocenters. The molecule has 0 aliphatic carbocycles. The zero-order chi connectivity index (χ0) is 15.4. The number of likely N-dealkylation sites (tertiary alicyclic amines) is 1. The summed E-state index contributed by atoms with van der Waals surface area (Å²) in [5.74, 6) is 0. The molecule has 1 unspecified atom stereocenters. The van der Waals surface area contributed by atoms with E-state index in [-0.39, 0.29) is 0 Å². The van der Waals surface area contributed by atoms with Gasteiger partial charge in [0.25, 0.3) is 0 Å². The summed E-state index contributed by atoms with van der Waals surface area (Å²) >= 11 is 0. The zero-order valence-electron chi connectivity index (χ0n) is 13.2. The molecule has 2 aromatic rings. The SMILES string of the molecule is CC1CCCCN1Cc1cc(C=O)ccc1-c1ccccc1. The van der Waals surface area contributed by atoms with Crippen LogP contribution in [-0.2, 0) is 6.54 Å². The fraction of sp³-hybridized carbons (Fsp3) is 0.350. The average molecular weight is 293 g/mol. The van der Waals surface area contributed by atoms with Crippen molar-refractivity contribution in [2.75, 3.05) is 6.54 Å². The molecule has 1 fully saturated rings. The lowest BCUT2D eigenvalue weighted by atomic mass is 9.95. The molecule has 2 heteroatoms. The second kappa shape index (κ2) is 6.89. The molecule has 1 aliphatic rings. The molecule has 0 aromatic heterocycles. The summed E-state index contributed by atoms with van der Waals surface area (Å²) in [4.78, 5) is 13.7. The number of carbonyl (C=O) groups excluding carboxylic acids is 1. The molecule has 1 aliphatic heterocycles. The maximum Gasteiger partial charge on any atom is 0.150 e. The van der Waals surface area contributed by atoms with Gasteiger partial charge in [0, 0.05) is 18.2 Å². The van der Waals surface area contributed by atoms with Crippen molar-refractivity contribution in [3.8, 4) is 11.1 Å². The fourth-order valence-electron chi connectivity index (χ4n) is 3.33. The summed E-state index contributed by atoms with van der Waals surface area (Å²) in [6.07, 6.45) is 4.82. The van der Waals surface area contributed by atoms with Gasteiger partial charge >= 0.3 is 0 Å². The topological polar surface area (TPSA) is 20.3 Å². The molecule has 1 heterocycles. The molecule has 2 nitrogen and oxygen atoms in total. The smallest absolute Gasteiger partial charge is 0.150 e. The van der Waals surface area contributed by atoms with Crippen molar-refractivity contribution in [1.29, 1.82) is 0 Å². The Morgan fingerprint density at radius 3 is 2.68 bits per heavy atom. The third-order valence-electron chi connectivity index (χ3n) is 4.66. The van der Waals surface area contributed by atoms with Gasteiger partial charge < -0.3 is 0 Å². The minimum absolute atomic E-state index is 0.622. The number of nitrogens with zero attached hydrogens (tertiary/aromatic N) is 1. The van der Waals surface area contributed by atoms with E-state index in [1.165, 1.54) is 36.0 Å². The van der Waals surface area contributed by atoms with Gasteiger partial charge in [-0.25, -0.2) is 0 Å². The van der Waals surface area contributed by atoms with Crippen LogP contribution in [0.25, 0.3) is 11.1 Å². The molecule has 114 valence electrons. The van der Waals surface area contributed by atoms with Crippen LogP contribution in [0.3, 0.4) is 0 Å². The van der Waals surface area contributed by atoms with Crippen LogP contribution in [0.1, 0.15) is 42.1 Å². The van der Waals surface area contributed by atoms with Crippen molar-refractivity contribution in [2.24, 2.45) is 0 Å². The summed E-state index contributed by atoms with van der Waals surface area (Å²) in [7, 11) is 0. The van der Waals surface area contributed by atoms with Crippen molar-refractivity contribution in [3.63, 3.8) is 0 Å². The minimum Gasteiger partial charge on any atom is -0.298 e. The summed E-state index contributed by atoms with van der Waals surface area (Å²) in [5, 5.41) is 0. The Bertz CT molecular complexity index is 635. The van der Waals surface area contributed by atoms with Crippen molar-refractivity contribution >= 4 is 6.29 Å². The Hall–Kier alpha value is -1.93. The molecule has 0 saturated carbocycles. The highest BCUT2D eigenvalue weighted by molar-refractivity contribution is 5.78. The molecule has 22 heavy (non-hydrogen) atoms. The maximum atomic E-state index is 11.1. The third-order valence-corrected chi connectivity index (χ3v) is 4.66. The summed E-state index contributed by atoms with van der Waals surface area (Å²) in [6, 6.07) is 17.1. The van der Waals surface area contributed by atoms with Crippen molar-refractivity contribution in [2.45, 2.75) is 38.8 Å². The predicted molar refractivity (Wildman–Crippen MR) is 91.0 cm³/mol. The first-order valence-corrected chi connectivity index (χ1v) is 8.15. The highest BCUT2D eigenvalue weighted by Crippen LogP contribution is 2.28. The largest absolute Gasteiger partial charge is 0.298 e. The van der Waals surface area contributed by atoms with E-state index in [2.05, 4.69) is 48.2 Å². The summed E-state index contributed by atoms with van der Waals surface area (Å²) < 4.78 is 0. The van der Waals surface area contributed by atoms with E-state index in [1.807, 2.05) is 12.1 Å². The molecule has 3 rings (SSSR count). The van der Waals surface area contributed by atoms with Gasteiger partial charge in [0.05, 0.1) is 0 Å². The molecule has 0 bridgehead atoms. The van der Waals surface area contributed by atoms with E-state index in [4.69, 9.17) is 0 Å². The van der Waals surface area contributed by atoms with Crippen LogP contribution in [0.15, 0.2) is 48.5 Å². The van der Waals surface area contributed by atoms with Crippen molar-refractivity contribution in [3.05, 3.63) is 59.7 Å². The van der Waals surface area contributed by atoms with Crippen molar-refractivity contribution < 1.29 is 4.79 Å². The monoisotopic (exact) mass is 293 g/mol. The van der Waals surface area contributed by atoms with Gasteiger partial charge in [0.1, 0.15) is 6.29 Å². The summed E-state index contributed by atoms with van der Waals surface area (Å²) in [6.45, 7) is 4.39. The maximum absolute atomic E-state index is 11.1. The molecule has 2 aromatic carbocycles. The normalized spacial score (nSPS) is 19.0. The lowest BCUT2D eigenvalue weighted by molar-refractivity contribution is 0.112. The van der Waals surface area contributed by atoms with Gasteiger partial charge in [-0.2, -0.15) is 0 Å². The van der Waals surface area contributed by atoms with Gasteiger partial charge in [-0.1, -0.05) is 48.9 Å². The van der Waals surface area contributed by atoms with E-state index in [9.17, 15) is 4.79 Å². The summed E-state index contributed by atoms with van der Waals surface area (Å²) in [5.41, 5.74) is 4.48. The lowest BCUT2D eigenvalue weighted by Crippen LogP contribution is -2.36. The van der Waals surface area contributed by atoms with Crippen LogP contribution in [0.2, 0.25) is 0 Å². The molecule has 0 N–H and O–H groups in total. The number of aldehydes is 1. The van der Waals surface area contributed by atoms with Crippen LogP contribution in [-0.4, -0.2) is 23.8 Å². The molecule has 1 saturated heterocycles. The number of rotatable bonds is 4. The van der Waals surface area contributed by atoms with Gasteiger partial charge in [-0.3, -0.25) is 9.69 Å². The van der Waals surface area contributed by atoms with E-state index >= 15 is 0 Å². The van der Waals surface area contributed by atoms with E-state index < -0.39 is 0 Å². The van der Waals surface area contributed by atoms with Gasteiger partial charge in [0.15, 0.2) is 0 Å². The van der Waals surface area contributed by atoms with E-state index in [1.54, 1.807) is 0 Å². The lowest BCUT2D eigenvalue weighted by Gasteiger charge is -2.34. The standard InChI is InChI=1S/C20H23NO/c1-16-7-5-6-12-21(16)14-19-13-17(15-22)10-11-20(19)18-8-3-2-4-9-18/h2-4,8-11,13,15-16H,5-7,12,14H2,1H3. The Kier molecular flexibility index (Phi) is 4.69. The Morgan fingerprint density at radius 1 is 1.14 bits per heavy atom. The number of hydrogen-bond donors (Lipinski definition) is 0. The number of piperidine rings is 1. The molecular weight excluding hydrogens is 270 g/mol. The molecule has 0 amide bonds. The average Bonchev–Trinajstić information content (AvgIpc) is 2.57. The third kappa shape index (κ3) is 3.28. The second-order valence-corrected chi connectivity index (χ2v) is 6.22. The first kappa shape index (κ1) is 15.0. The van der Waals surface area contributed by atoms with Gasteiger partial charge in [-0.05, 0) is 49.1 Å². The zero-order valence-corrected chi connectivity index (χ0v) is 13.2. The first-order valence-electron chi connectivity index (χ1n) is 8.15. The number of carbonyl (C=O) groups is 1. The fourth-order valence-corrected chi connectivity index (χ4v) is 3.33. The second-order valence-electron chi connectivity index (χ2n) is 6.22. The molecular formula is C20H23NO. The van der Waals surface area contributed by atoms with Crippen LogP contribution < -0.4 is 0 Å². The minimum atomic E-state index is 0.622. The van der Waals surface area contributed by atoms with E-state index in [0.717, 1.165) is 24.9 Å². The van der Waals surface area contributed by atoms with E-state index in [0.29, 0.717) is 6.04 Å². The quantitative estimate of drug-likeness (QED) is 0.771. The van der Waals surface area contributed by atoms with Crippen LogP contribution in [0.4, 0.5) is 0 Å². The molecule has 0 radical (unpaired) electrons. The molecule has 0 spiro atoms. The van der Waals surface area contributed by atoms with Crippen LogP contribution >= 0.6 is 0 Å². The van der Waals surface area contributed by atoms with Gasteiger partial charge in [0.2, 0.25) is 0 Å². The van der Waals surface area contributed by atoms with Crippen molar-refractivity contribution in [1.82, 2.24) is 4.90 Å². The Labute approximate surface area is 132 Å².